The molecule has 96 valence electrons. The molecule has 1 atom stereocenters. The topological polar surface area (TPSA) is 52.6 Å². The summed E-state index contributed by atoms with van der Waals surface area (Å²) in [6.45, 7) is 10.4. The number of carbonyl (C=O) groups excluding carboxylic acids is 2. The quantitative estimate of drug-likeness (QED) is 0.483. The van der Waals surface area contributed by atoms with Crippen molar-refractivity contribution >= 4 is 11.9 Å². The van der Waals surface area contributed by atoms with Crippen LogP contribution in [0.5, 0.6) is 0 Å². The van der Waals surface area contributed by atoms with Gasteiger partial charge in [0.05, 0.1) is 0 Å². The van der Waals surface area contributed by atoms with E-state index in [0.29, 0.717) is 6.42 Å². The van der Waals surface area contributed by atoms with Crippen molar-refractivity contribution in [2.45, 2.75) is 38.7 Å². The number of carbonyl (C=O) groups is 2. The van der Waals surface area contributed by atoms with Crippen LogP contribution in [0.2, 0.25) is 0 Å². The second-order valence-electron chi connectivity index (χ2n) is 3.99. The van der Waals surface area contributed by atoms with Gasteiger partial charge in [-0.1, -0.05) is 26.5 Å². The maximum absolute atomic E-state index is 11.2. The minimum Gasteiger partial charge on any atom is -0.458 e. The minimum absolute atomic E-state index is 0.0252. The van der Waals surface area contributed by atoms with Crippen LogP contribution in [0.4, 0.5) is 0 Å². The molecule has 0 spiro atoms. The van der Waals surface area contributed by atoms with Gasteiger partial charge in [0.25, 0.3) is 0 Å². The first-order chi connectivity index (χ1) is 7.97. The maximum atomic E-state index is 11.2. The summed E-state index contributed by atoms with van der Waals surface area (Å²) in [5, 5.41) is 0. The predicted molar refractivity (Wildman–Crippen MR) is 65.4 cm³/mol. The standard InChI is InChI=1S/C13H20O4/c1-5-8-9-13(4,17-12(15)7-3)10-16-11(14)6-2/h6-7H,2-3,5,8-10H2,1,4H3. The summed E-state index contributed by atoms with van der Waals surface area (Å²) >= 11 is 0. The molecule has 0 rings (SSSR count). The first kappa shape index (κ1) is 15.4. The van der Waals surface area contributed by atoms with Crippen molar-refractivity contribution in [1.82, 2.24) is 0 Å². The number of rotatable bonds is 8. The Morgan fingerprint density at radius 2 is 1.82 bits per heavy atom. The van der Waals surface area contributed by atoms with Crippen LogP contribution >= 0.6 is 0 Å². The molecular formula is C13H20O4. The molecule has 0 N–H and O–H groups in total. The highest BCUT2D eigenvalue weighted by Gasteiger charge is 2.29. The number of hydrogen-bond donors (Lipinski definition) is 0. The molecule has 0 saturated carbocycles. The molecule has 0 aromatic rings. The van der Waals surface area contributed by atoms with Gasteiger partial charge >= 0.3 is 11.9 Å². The Hall–Kier alpha value is -1.58. The first-order valence-corrected chi connectivity index (χ1v) is 5.62. The van der Waals surface area contributed by atoms with E-state index in [1.807, 2.05) is 6.92 Å². The van der Waals surface area contributed by atoms with Gasteiger partial charge in [0.1, 0.15) is 12.2 Å². The van der Waals surface area contributed by atoms with Crippen LogP contribution in [-0.2, 0) is 19.1 Å². The molecule has 0 aromatic heterocycles. The van der Waals surface area contributed by atoms with E-state index in [0.717, 1.165) is 25.0 Å². The van der Waals surface area contributed by atoms with Crippen molar-refractivity contribution in [1.29, 1.82) is 0 Å². The van der Waals surface area contributed by atoms with Crippen LogP contribution in [-0.4, -0.2) is 24.1 Å². The van der Waals surface area contributed by atoms with Gasteiger partial charge in [-0.15, -0.1) is 0 Å². The van der Waals surface area contributed by atoms with E-state index in [-0.39, 0.29) is 6.61 Å². The van der Waals surface area contributed by atoms with E-state index in [1.54, 1.807) is 6.92 Å². The molecule has 1 unspecified atom stereocenters. The maximum Gasteiger partial charge on any atom is 0.330 e. The average Bonchev–Trinajstić information content (AvgIpc) is 2.33. The lowest BCUT2D eigenvalue weighted by molar-refractivity contribution is -0.165. The smallest absolute Gasteiger partial charge is 0.330 e. The fraction of sp³-hybridized carbons (Fsp3) is 0.538. The van der Waals surface area contributed by atoms with E-state index in [4.69, 9.17) is 9.47 Å². The van der Waals surface area contributed by atoms with E-state index in [1.165, 1.54) is 0 Å². The normalized spacial score (nSPS) is 13.3. The van der Waals surface area contributed by atoms with Gasteiger partial charge in [0.15, 0.2) is 0 Å². The van der Waals surface area contributed by atoms with Crippen molar-refractivity contribution < 1.29 is 19.1 Å². The Labute approximate surface area is 102 Å². The third-order valence-corrected chi connectivity index (χ3v) is 2.26. The largest absolute Gasteiger partial charge is 0.458 e. The van der Waals surface area contributed by atoms with E-state index in [9.17, 15) is 9.59 Å². The molecule has 0 saturated heterocycles. The van der Waals surface area contributed by atoms with Gasteiger partial charge < -0.3 is 9.47 Å². The lowest BCUT2D eigenvalue weighted by atomic mass is 10.00. The van der Waals surface area contributed by atoms with Crippen molar-refractivity contribution in [2.75, 3.05) is 6.61 Å². The van der Waals surface area contributed by atoms with Crippen LogP contribution in [0, 0.1) is 0 Å². The van der Waals surface area contributed by atoms with Crippen LogP contribution in [0.3, 0.4) is 0 Å². The summed E-state index contributed by atoms with van der Waals surface area (Å²) < 4.78 is 10.1. The fourth-order valence-electron chi connectivity index (χ4n) is 1.27. The lowest BCUT2D eigenvalue weighted by Gasteiger charge is -2.28. The van der Waals surface area contributed by atoms with Crippen LogP contribution in [0.25, 0.3) is 0 Å². The first-order valence-electron chi connectivity index (χ1n) is 5.62. The van der Waals surface area contributed by atoms with Crippen LogP contribution < -0.4 is 0 Å². The monoisotopic (exact) mass is 240 g/mol. The number of esters is 2. The molecular weight excluding hydrogens is 220 g/mol. The van der Waals surface area contributed by atoms with Crippen molar-refractivity contribution in [3.8, 4) is 0 Å². The van der Waals surface area contributed by atoms with Gasteiger partial charge in [-0.25, -0.2) is 9.59 Å². The highest BCUT2D eigenvalue weighted by Crippen LogP contribution is 2.20. The zero-order valence-electron chi connectivity index (χ0n) is 10.5. The summed E-state index contributed by atoms with van der Waals surface area (Å²) in [6.07, 6.45) is 4.66. The molecule has 0 amide bonds. The van der Waals surface area contributed by atoms with Crippen LogP contribution in [0.15, 0.2) is 25.3 Å². The van der Waals surface area contributed by atoms with Gasteiger partial charge in [-0.2, -0.15) is 0 Å². The Balaban J connectivity index is 4.47. The Bertz CT molecular complexity index is 296. The van der Waals surface area contributed by atoms with E-state index >= 15 is 0 Å². The Kier molecular flexibility index (Phi) is 6.94. The minimum atomic E-state index is -0.806. The summed E-state index contributed by atoms with van der Waals surface area (Å²) in [5.74, 6) is -1.04. The SMILES string of the molecule is C=CC(=O)OCC(C)(CCCC)OC(=O)C=C. The third-order valence-electron chi connectivity index (χ3n) is 2.26. The summed E-state index contributed by atoms with van der Waals surface area (Å²) in [7, 11) is 0. The molecule has 17 heavy (non-hydrogen) atoms. The molecule has 4 nitrogen and oxygen atoms in total. The second kappa shape index (κ2) is 7.65. The van der Waals surface area contributed by atoms with Gasteiger partial charge in [0, 0.05) is 12.2 Å². The number of hydrogen-bond acceptors (Lipinski definition) is 4. The van der Waals surface area contributed by atoms with Gasteiger partial charge in [-0.3, -0.25) is 0 Å². The Morgan fingerprint density at radius 3 is 2.29 bits per heavy atom. The molecule has 0 heterocycles. The van der Waals surface area contributed by atoms with Crippen molar-refractivity contribution in [3.05, 3.63) is 25.3 Å². The lowest BCUT2D eigenvalue weighted by Crippen LogP contribution is -2.37. The second-order valence-corrected chi connectivity index (χ2v) is 3.99. The molecule has 0 aromatic carbocycles. The molecule has 0 radical (unpaired) electrons. The highest BCUT2D eigenvalue weighted by atomic mass is 16.6. The summed E-state index contributed by atoms with van der Waals surface area (Å²) in [6, 6.07) is 0. The molecule has 0 aliphatic heterocycles. The zero-order chi connectivity index (χ0) is 13.3. The van der Waals surface area contributed by atoms with Crippen LogP contribution in [0.1, 0.15) is 33.1 Å². The fourth-order valence-corrected chi connectivity index (χ4v) is 1.27. The molecule has 0 fully saturated rings. The van der Waals surface area contributed by atoms with Gasteiger partial charge in [-0.05, 0) is 19.8 Å². The van der Waals surface area contributed by atoms with Gasteiger partial charge in [0.2, 0.25) is 0 Å². The van der Waals surface area contributed by atoms with Crippen molar-refractivity contribution in [3.63, 3.8) is 0 Å². The summed E-state index contributed by atoms with van der Waals surface area (Å²) in [5.41, 5.74) is -0.806. The Morgan fingerprint density at radius 1 is 1.24 bits per heavy atom. The van der Waals surface area contributed by atoms with E-state index in [2.05, 4.69) is 13.2 Å². The predicted octanol–water partition coefficient (Wildman–Crippen LogP) is 2.39. The molecule has 0 bridgehead atoms. The molecule has 4 heteroatoms. The number of unbranched alkanes of at least 4 members (excludes halogenated alkanes) is 1. The summed E-state index contributed by atoms with van der Waals surface area (Å²) in [4.78, 5) is 22.2. The van der Waals surface area contributed by atoms with E-state index < -0.39 is 17.5 Å². The third kappa shape index (κ3) is 6.56. The molecule has 0 aliphatic rings. The number of ether oxygens (including phenoxy) is 2. The van der Waals surface area contributed by atoms with Crippen molar-refractivity contribution in [2.24, 2.45) is 0 Å². The highest BCUT2D eigenvalue weighted by molar-refractivity contribution is 5.82. The average molecular weight is 240 g/mol. The molecule has 0 aliphatic carbocycles. The zero-order valence-corrected chi connectivity index (χ0v) is 10.5.